The Morgan fingerprint density at radius 1 is 1.62 bits per heavy atom. The predicted octanol–water partition coefficient (Wildman–Crippen LogP) is 0.103. The third kappa shape index (κ3) is 1.19. The first-order valence-electron chi connectivity index (χ1n) is 4.21. The van der Waals surface area contributed by atoms with Gasteiger partial charge in [-0.1, -0.05) is 6.07 Å². The van der Waals surface area contributed by atoms with E-state index < -0.39 is 0 Å². The smallest absolute Gasteiger partial charge is 0.244 e. The molecule has 4 nitrogen and oxygen atoms in total. The van der Waals surface area contributed by atoms with Crippen LogP contribution in [0, 0.1) is 0 Å². The van der Waals surface area contributed by atoms with Crippen molar-refractivity contribution in [3.8, 4) is 0 Å². The minimum atomic E-state index is -0.386. The lowest BCUT2D eigenvalue weighted by Gasteiger charge is -2.12. The van der Waals surface area contributed by atoms with Gasteiger partial charge >= 0.3 is 0 Å². The van der Waals surface area contributed by atoms with E-state index in [1.165, 1.54) is 0 Å². The zero-order valence-electron chi connectivity index (χ0n) is 7.16. The second-order valence-corrected chi connectivity index (χ2v) is 3.30. The summed E-state index contributed by atoms with van der Waals surface area (Å²) in [6, 6.07) is 3.74. The summed E-state index contributed by atoms with van der Waals surface area (Å²) in [5, 5.41) is 0. The number of rotatable bonds is 2. The Labute approximate surface area is 76.1 Å². The quantitative estimate of drug-likeness (QED) is 0.382. The number of nitrogens with zero attached hydrogens (tertiary/aromatic N) is 1. The number of hydrogen-bond acceptors (Lipinski definition) is 3. The van der Waals surface area contributed by atoms with Gasteiger partial charge in [0.15, 0.2) is 0 Å². The maximum absolute atomic E-state index is 11.4. The van der Waals surface area contributed by atoms with E-state index in [4.69, 9.17) is 5.84 Å². The topological polar surface area (TPSA) is 68.0 Å². The summed E-state index contributed by atoms with van der Waals surface area (Å²) in [5.41, 5.74) is 2.77. The molecule has 0 aliphatic heterocycles. The number of carbonyl (C=O) groups is 1. The SMILES string of the molecule is NNC(=O)C1(c2cccnc2)CC1. The Kier molecular flexibility index (Phi) is 1.77. The number of hydrazine groups is 1. The molecule has 13 heavy (non-hydrogen) atoms. The molecule has 1 heterocycles. The van der Waals surface area contributed by atoms with Crippen molar-refractivity contribution < 1.29 is 4.79 Å². The molecule has 3 N–H and O–H groups in total. The summed E-state index contributed by atoms with van der Waals surface area (Å²) < 4.78 is 0. The Hall–Kier alpha value is -1.42. The summed E-state index contributed by atoms with van der Waals surface area (Å²) in [6.45, 7) is 0. The monoisotopic (exact) mass is 177 g/mol. The molecule has 0 bridgehead atoms. The van der Waals surface area contributed by atoms with Crippen LogP contribution in [0.15, 0.2) is 24.5 Å². The van der Waals surface area contributed by atoms with Gasteiger partial charge in [-0.05, 0) is 24.5 Å². The van der Waals surface area contributed by atoms with Gasteiger partial charge in [0.2, 0.25) is 5.91 Å². The molecule has 1 fully saturated rings. The van der Waals surface area contributed by atoms with Gasteiger partial charge in [-0.25, -0.2) is 5.84 Å². The second-order valence-electron chi connectivity index (χ2n) is 3.30. The van der Waals surface area contributed by atoms with Gasteiger partial charge in [0, 0.05) is 12.4 Å². The van der Waals surface area contributed by atoms with E-state index in [1.54, 1.807) is 12.4 Å². The summed E-state index contributed by atoms with van der Waals surface area (Å²) in [4.78, 5) is 15.4. The maximum atomic E-state index is 11.4. The highest BCUT2D eigenvalue weighted by molar-refractivity contribution is 5.90. The molecule has 1 aromatic heterocycles. The molecule has 1 aromatic rings. The van der Waals surface area contributed by atoms with Crippen molar-refractivity contribution in [3.63, 3.8) is 0 Å². The van der Waals surface area contributed by atoms with E-state index in [2.05, 4.69) is 10.4 Å². The van der Waals surface area contributed by atoms with Crippen molar-refractivity contribution in [2.24, 2.45) is 5.84 Å². The summed E-state index contributed by atoms with van der Waals surface area (Å²) >= 11 is 0. The van der Waals surface area contributed by atoms with E-state index in [-0.39, 0.29) is 11.3 Å². The Morgan fingerprint density at radius 2 is 2.38 bits per heavy atom. The molecular formula is C9H11N3O. The average Bonchev–Trinajstić information content (AvgIpc) is 2.99. The molecule has 1 saturated carbocycles. The molecular weight excluding hydrogens is 166 g/mol. The van der Waals surface area contributed by atoms with Crippen molar-refractivity contribution in [1.82, 2.24) is 10.4 Å². The van der Waals surface area contributed by atoms with Crippen LogP contribution in [-0.4, -0.2) is 10.9 Å². The standard InChI is InChI=1S/C9H11N3O/c10-12-8(13)9(3-4-9)7-2-1-5-11-6-7/h1-2,5-6H,3-4,10H2,(H,12,13). The van der Waals surface area contributed by atoms with Crippen LogP contribution in [0.1, 0.15) is 18.4 Å². The third-order valence-corrected chi connectivity index (χ3v) is 2.53. The van der Waals surface area contributed by atoms with Crippen molar-refractivity contribution in [2.75, 3.05) is 0 Å². The highest BCUT2D eigenvalue weighted by atomic mass is 16.2. The van der Waals surface area contributed by atoms with Gasteiger partial charge in [0.1, 0.15) is 0 Å². The van der Waals surface area contributed by atoms with E-state index in [1.807, 2.05) is 12.1 Å². The van der Waals surface area contributed by atoms with Crippen LogP contribution in [-0.2, 0) is 10.2 Å². The molecule has 4 heteroatoms. The van der Waals surface area contributed by atoms with Gasteiger partial charge < -0.3 is 0 Å². The number of amides is 1. The molecule has 1 aliphatic rings. The van der Waals surface area contributed by atoms with Crippen LogP contribution in [0.3, 0.4) is 0 Å². The van der Waals surface area contributed by atoms with Crippen LogP contribution in [0.4, 0.5) is 0 Å². The number of aromatic nitrogens is 1. The van der Waals surface area contributed by atoms with E-state index in [0.29, 0.717) is 0 Å². The first-order valence-corrected chi connectivity index (χ1v) is 4.21. The average molecular weight is 177 g/mol. The van der Waals surface area contributed by atoms with E-state index >= 15 is 0 Å². The fourth-order valence-corrected chi connectivity index (χ4v) is 1.56. The molecule has 0 radical (unpaired) electrons. The maximum Gasteiger partial charge on any atom is 0.244 e. The summed E-state index contributed by atoms with van der Waals surface area (Å²) in [5.74, 6) is 5.00. The number of hydrogen-bond donors (Lipinski definition) is 2. The zero-order valence-corrected chi connectivity index (χ0v) is 7.16. The lowest BCUT2D eigenvalue weighted by atomic mass is 9.97. The van der Waals surface area contributed by atoms with Gasteiger partial charge in [-0.15, -0.1) is 0 Å². The molecule has 1 aliphatic carbocycles. The molecule has 1 amide bonds. The molecule has 0 unspecified atom stereocenters. The normalized spacial score (nSPS) is 17.9. The molecule has 68 valence electrons. The minimum absolute atomic E-state index is 0.111. The van der Waals surface area contributed by atoms with Gasteiger partial charge in [-0.3, -0.25) is 15.2 Å². The lowest BCUT2D eigenvalue weighted by Crippen LogP contribution is -2.39. The molecule has 0 atom stereocenters. The van der Waals surface area contributed by atoms with Gasteiger partial charge in [0.05, 0.1) is 5.41 Å². The minimum Gasteiger partial charge on any atom is -0.293 e. The molecule has 0 aromatic carbocycles. The predicted molar refractivity (Wildman–Crippen MR) is 47.5 cm³/mol. The Balaban J connectivity index is 2.31. The van der Waals surface area contributed by atoms with Crippen LogP contribution in [0.2, 0.25) is 0 Å². The first kappa shape index (κ1) is 8.19. The largest absolute Gasteiger partial charge is 0.293 e. The number of pyridine rings is 1. The van der Waals surface area contributed by atoms with Crippen LogP contribution in [0.5, 0.6) is 0 Å². The van der Waals surface area contributed by atoms with Crippen LogP contribution >= 0.6 is 0 Å². The number of nitrogens with two attached hydrogens (primary N) is 1. The Bertz CT molecular complexity index is 319. The molecule has 2 rings (SSSR count). The van der Waals surface area contributed by atoms with Crippen molar-refractivity contribution in [1.29, 1.82) is 0 Å². The highest BCUT2D eigenvalue weighted by Crippen LogP contribution is 2.47. The number of nitrogens with one attached hydrogen (secondary N) is 1. The summed E-state index contributed by atoms with van der Waals surface area (Å²) in [6.07, 6.45) is 5.14. The zero-order chi connectivity index (χ0) is 9.31. The number of carbonyl (C=O) groups excluding carboxylic acids is 1. The Morgan fingerprint density at radius 3 is 2.85 bits per heavy atom. The van der Waals surface area contributed by atoms with E-state index in [9.17, 15) is 4.79 Å². The fraction of sp³-hybridized carbons (Fsp3) is 0.333. The fourth-order valence-electron chi connectivity index (χ4n) is 1.56. The van der Waals surface area contributed by atoms with Crippen molar-refractivity contribution >= 4 is 5.91 Å². The first-order chi connectivity index (χ1) is 6.29. The summed E-state index contributed by atoms with van der Waals surface area (Å²) in [7, 11) is 0. The molecule has 0 saturated heterocycles. The highest BCUT2D eigenvalue weighted by Gasteiger charge is 2.51. The third-order valence-electron chi connectivity index (χ3n) is 2.53. The van der Waals surface area contributed by atoms with Crippen molar-refractivity contribution in [3.05, 3.63) is 30.1 Å². The van der Waals surface area contributed by atoms with Crippen LogP contribution in [0.25, 0.3) is 0 Å². The molecule has 0 spiro atoms. The van der Waals surface area contributed by atoms with Crippen molar-refractivity contribution in [2.45, 2.75) is 18.3 Å². The van der Waals surface area contributed by atoms with Gasteiger partial charge in [-0.2, -0.15) is 0 Å². The lowest BCUT2D eigenvalue weighted by molar-refractivity contribution is -0.123. The van der Waals surface area contributed by atoms with Gasteiger partial charge in [0.25, 0.3) is 0 Å². The van der Waals surface area contributed by atoms with E-state index in [0.717, 1.165) is 18.4 Å². The second kappa shape index (κ2) is 2.81. The van der Waals surface area contributed by atoms with Crippen LogP contribution < -0.4 is 11.3 Å².